The van der Waals surface area contributed by atoms with Crippen LogP contribution in [-0.2, 0) is 9.84 Å². The summed E-state index contributed by atoms with van der Waals surface area (Å²) in [7, 11) is -2.84. The van der Waals surface area contributed by atoms with Crippen molar-refractivity contribution in [1.29, 1.82) is 0 Å². The number of hydrogen-bond donors (Lipinski definition) is 1. The van der Waals surface area contributed by atoms with Gasteiger partial charge in [0.1, 0.15) is 9.84 Å². The van der Waals surface area contributed by atoms with E-state index in [0.29, 0.717) is 11.7 Å². The van der Waals surface area contributed by atoms with Gasteiger partial charge in [0.2, 0.25) is 0 Å². The Balaban J connectivity index is 1.95. The summed E-state index contributed by atoms with van der Waals surface area (Å²) in [6, 6.07) is 0. The summed E-state index contributed by atoms with van der Waals surface area (Å²) >= 11 is 0. The molecule has 2 atom stereocenters. The largest absolute Gasteiger partial charge is 0.325 e. The normalized spacial score (nSPS) is 32.2. The molecule has 2 saturated carbocycles. The van der Waals surface area contributed by atoms with Gasteiger partial charge < -0.3 is 5.73 Å². The fourth-order valence-corrected chi connectivity index (χ4v) is 5.48. The zero-order chi connectivity index (χ0) is 15.3. The van der Waals surface area contributed by atoms with E-state index in [2.05, 4.69) is 0 Å². The van der Waals surface area contributed by atoms with Crippen LogP contribution < -0.4 is 5.73 Å². The first-order chi connectivity index (χ1) is 9.97. The highest BCUT2D eigenvalue weighted by atomic mass is 32.2. The quantitative estimate of drug-likeness (QED) is 0.813. The lowest BCUT2D eigenvalue weighted by atomic mass is 9.63. The minimum Gasteiger partial charge on any atom is -0.325 e. The van der Waals surface area contributed by atoms with Gasteiger partial charge in [0.05, 0.1) is 5.75 Å². The van der Waals surface area contributed by atoms with Gasteiger partial charge in [0, 0.05) is 11.3 Å². The Morgan fingerprint density at radius 1 is 1.05 bits per heavy atom. The van der Waals surface area contributed by atoms with Crippen LogP contribution in [-0.4, -0.2) is 25.5 Å². The predicted molar refractivity (Wildman–Crippen MR) is 89.0 cm³/mol. The van der Waals surface area contributed by atoms with Gasteiger partial charge >= 0.3 is 0 Å². The van der Waals surface area contributed by atoms with E-state index < -0.39 is 9.84 Å². The molecule has 124 valence electrons. The van der Waals surface area contributed by atoms with E-state index in [4.69, 9.17) is 5.73 Å². The van der Waals surface area contributed by atoms with E-state index in [1.165, 1.54) is 51.4 Å². The van der Waals surface area contributed by atoms with E-state index in [1.54, 1.807) is 6.92 Å². The fourth-order valence-electron chi connectivity index (χ4n) is 4.61. The van der Waals surface area contributed by atoms with Crippen molar-refractivity contribution in [3.63, 3.8) is 0 Å². The van der Waals surface area contributed by atoms with Crippen LogP contribution in [0.15, 0.2) is 0 Å². The summed E-state index contributed by atoms with van der Waals surface area (Å²) in [5.74, 6) is 2.01. The van der Waals surface area contributed by atoms with Gasteiger partial charge in [0.15, 0.2) is 0 Å². The smallest absolute Gasteiger partial charge is 0.150 e. The molecule has 3 nitrogen and oxygen atoms in total. The van der Waals surface area contributed by atoms with Crippen LogP contribution in [0.25, 0.3) is 0 Å². The number of nitrogens with two attached hydrogens (primary N) is 1. The molecule has 0 spiro atoms. The van der Waals surface area contributed by atoms with Crippen molar-refractivity contribution in [3.05, 3.63) is 0 Å². The maximum absolute atomic E-state index is 11.7. The van der Waals surface area contributed by atoms with Crippen LogP contribution in [0.1, 0.15) is 77.6 Å². The first-order valence-electron chi connectivity index (χ1n) is 8.96. The second-order valence-electron chi connectivity index (χ2n) is 7.32. The highest BCUT2D eigenvalue weighted by Gasteiger charge is 2.41. The molecular formula is C17H33NO2S. The van der Waals surface area contributed by atoms with E-state index in [1.807, 2.05) is 0 Å². The molecule has 0 aromatic heterocycles. The van der Waals surface area contributed by atoms with Crippen LogP contribution in [0.2, 0.25) is 0 Å². The molecule has 0 heterocycles. The molecule has 2 unspecified atom stereocenters. The Morgan fingerprint density at radius 2 is 1.71 bits per heavy atom. The molecule has 0 aromatic carbocycles. The summed E-state index contributed by atoms with van der Waals surface area (Å²) in [4.78, 5) is 0. The monoisotopic (exact) mass is 315 g/mol. The first kappa shape index (κ1) is 17.3. The summed E-state index contributed by atoms with van der Waals surface area (Å²) in [6.07, 6.45) is 13.3. The van der Waals surface area contributed by atoms with Gasteiger partial charge in [-0.3, -0.25) is 0 Å². The first-order valence-corrected chi connectivity index (χ1v) is 10.8. The highest BCUT2D eigenvalue weighted by Crippen LogP contribution is 2.44. The van der Waals surface area contributed by atoms with Gasteiger partial charge in [-0.25, -0.2) is 8.42 Å². The van der Waals surface area contributed by atoms with Crippen LogP contribution in [0, 0.1) is 11.8 Å². The van der Waals surface area contributed by atoms with Crippen molar-refractivity contribution in [2.45, 2.75) is 83.1 Å². The zero-order valence-corrected chi connectivity index (χ0v) is 14.5. The van der Waals surface area contributed by atoms with Crippen LogP contribution in [0.4, 0.5) is 0 Å². The lowest BCUT2D eigenvalue weighted by molar-refractivity contribution is 0.0925. The van der Waals surface area contributed by atoms with E-state index in [0.717, 1.165) is 25.2 Å². The molecule has 0 radical (unpaired) electrons. The third-order valence-corrected chi connectivity index (χ3v) is 7.69. The molecule has 2 aliphatic rings. The number of hydrogen-bond acceptors (Lipinski definition) is 3. The van der Waals surface area contributed by atoms with Crippen LogP contribution in [0.5, 0.6) is 0 Å². The minimum atomic E-state index is -2.84. The topological polar surface area (TPSA) is 60.2 Å². The molecular weight excluding hydrogens is 282 g/mol. The van der Waals surface area contributed by atoms with Crippen molar-refractivity contribution in [3.8, 4) is 0 Å². The Labute approximate surface area is 131 Å². The van der Waals surface area contributed by atoms with Gasteiger partial charge in [-0.1, -0.05) is 51.9 Å². The van der Waals surface area contributed by atoms with Crippen molar-refractivity contribution < 1.29 is 8.42 Å². The van der Waals surface area contributed by atoms with E-state index in [-0.39, 0.29) is 11.3 Å². The molecule has 2 fully saturated rings. The van der Waals surface area contributed by atoms with Crippen molar-refractivity contribution in [1.82, 2.24) is 0 Å². The Hall–Kier alpha value is -0.0900. The van der Waals surface area contributed by atoms with Crippen LogP contribution in [0.3, 0.4) is 0 Å². The molecule has 0 aliphatic heterocycles. The fraction of sp³-hybridized carbons (Fsp3) is 1.00. The molecule has 21 heavy (non-hydrogen) atoms. The Kier molecular flexibility index (Phi) is 6.13. The maximum Gasteiger partial charge on any atom is 0.150 e. The Morgan fingerprint density at radius 3 is 2.38 bits per heavy atom. The Bertz CT molecular complexity index is 415. The summed E-state index contributed by atoms with van der Waals surface area (Å²) in [5.41, 5.74) is 6.72. The summed E-state index contributed by atoms with van der Waals surface area (Å²) in [6.45, 7) is 1.74. The van der Waals surface area contributed by atoms with Gasteiger partial charge in [-0.05, 0) is 37.5 Å². The molecule has 4 heteroatoms. The molecule has 0 aromatic rings. The number of rotatable bonds is 6. The van der Waals surface area contributed by atoms with Gasteiger partial charge in [-0.2, -0.15) is 0 Å². The molecule has 2 aliphatic carbocycles. The zero-order valence-electron chi connectivity index (χ0n) is 13.6. The van der Waals surface area contributed by atoms with Crippen molar-refractivity contribution in [2.75, 3.05) is 11.5 Å². The number of sulfone groups is 1. The van der Waals surface area contributed by atoms with Crippen molar-refractivity contribution >= 4 is 9.84 Å². The minimum absolute atomic E-state index is 0.0937. The lowest BCUT2D eigenvalue weighted by Crippen LogP contribution is -2.52. The summed E-state index contributed by atoms with van der Waals surface area (Å²) < 4.78 is 23.4. The van der Waals surface area contributed by atoms with Crippen LogP contribution >= 0.6 is 0 Å². The third-order valence-electron chi connectivity index (χ3n) is 5.90. The van der Waals surface area contributed by atoms with E-state index >= 15 is 0 Å². The second-order valence-corrected chi connectivity index (χ2v) is 9.80. The molecule has 2 N–H and O–H groups in total. The molecule has 0 amide bonds. The van der Waals surface area contributed by atoms with Gasteiger partial charge in [0.25, 0.3) is 0 Å². The molecule has 2 rings (SSSR count). The second kappa shape index (κ2) is 7.45. The van der Waals surface area contributed by atoms with Gasteiger partial charge in [-0.15, -0.1) is 0 Å². The molecule has 0 bridgehead atoms. The summed E-state index contributed by atoms with van der Waals surface area (Å²) in [5, 5.41) is 0. The standard InChI is InChI=1S/C17H33NO2S/c1-2-21(19,20)14-8-13-17(18)12-7-6-11-16(17)15-9-4-3-5-10-15/h15-16H,2-14,18H2,1H3. The SMILES string of the molecule is CCS(=O)(=O)CCCC1(N)CCCCC1C1CCCCC1. The predicted octanol–water partition coefficient (Wildman–Crippen LogP) is 3.67. The highest BCUT2D eigenvalue weighted by molar-refractivity contribution is 7.91. The molecule has 0 saturated heterocycles. The van der Waals surface area contributed by atoms with E-state index in [9.17, 15) is 8.42 Å². The third kappa shape index (κ3) is 4.69. The average molecular weight is 316 g/mol. The lowest BCUT2D eigenvalue weighted by Gasteiger charge is -2.46. The average Bonchev–Trinajstić information content (AvgIpc) is 2.48. The maximum atomic E-state index is 11.7. The van der Waals surface area contributed by atoms with Crippen molar-refractivity contribution in [2.24, 2.45) is 17.6 Å².